The lowest BCUT2D eigenvalue weighted by molar-refractivity contribution is -0.143. The van der Waals surface area contributed by atoms with Gasteiger partial charge in [-0.15, -0.1) is 0 Å². The van der Waals surface area contributed by atoms with Crippen LogP contribution < -0.4 is 5.32 Å². The molecule has 0 aromatic carbocycles. The van der Waals surface area contributed by atoms with Crippen LogP contribution in [0.25, 0.3) is 0 Å². The van der Waals surface area contributed by atoms with Crippen molar-refractivity contribution in [3.05, 3.63) is 24.3 Å². The maximum Gasteiger partial charge on any atom is 0.305 e. The molecule has 0 aliphatic carbocycles. The molecule has 0 rings (SSSR count). The minimum Gasteiger partial charge on any atom is -0.466 e. The van der Waals surface area contributed by atoms with Crippen LogP contribution in [0.1, 0.15) is 303 Å². The normalized spacial score (nSPS) is 12.8. The van der Waals surface area contributed by atoms with Crippen LogP contribution in [-0.4, -0.2) is 47.4 Å². The Labute approximate surface area is 392 Å². The molecule has 0 fully saturated rings. The first-order chi connectivity index (χ1) is 31.0. The van der Waals surface area contributed by atoms with E-state index >= 15 is 0 Å². The highest BCUT2D eigenvalue weighted by Crippen LogP contribution is 2.17. The molecule has 0 bridgehead atoms. The predicted molar refractivity (Wildman–Crippen MR) is 273 cm³/mol. The number of nitrogens with one attached hydrogen (secondary N) is 1. The van der Waals surface area contributed by atoms with Gasteiger partial charge in [0.2, 0.25) is 5.91 Å². The molecule has 0 radical (unpaired) electrons. The minimum absolute atomic E-state index is 0.0434. The quantitative estimate of drug-likeness (QED) is 0.0321. The topological polar surface area (TPSA) is 95.9 Å². The summed E-state index contributed by atoms with van der Waals surface area (Å²) in [7, 11) is 0. The van der Waals surface area contributed by atoms with Gasteiger partial charge in [-0.1, -0.05) is 244 Å². The molecule has 0 saturated heterocycles. The molecule has 0 aliphatic heterocycles. The van der Waals surface area contributed by atoms with Crippen LogP contribution in [0.4, 0.5) is 0 Å². The Kier molecular flexibility index (Phi) is 51.6. The van der Waals surface area contributed by atoms with Crippen molar-refractivity contribution in [2.24, 2.45) is 0 Å². The molecule has 0 heterocycles. The van der Waals surface area contributed by atoms with E-state index in [2.05, 4.69) is 43.5 Å². The van der Waals surface area contributed by atoms with Gasteiger partial charge in [0, 0.05) is 12.8 Å². The summed E-state index contributed by atoms with van der Waals surface area (Å²) in [5, 5.41) is 23.3. The van der Waals surface area contributed by atoms with Gasteiger partial charge in [-0.3, -0.25) is 9.59 Å². The first-order valence-corrected chi connectivity index (χ1v) is 28.1. The van der Waals surface area contributed by atoms with Gasteiger partial charge in [-0.05, 0) is 70.6 Å². The number of aliphatic hydroxyl groups excluding tert-OH is 2. The third-order valence-electron chi connectivity index (χ3n) is 13.0. The molecule has 1 amide bonds. The Morgan fingerprint density at radius 3 is 1.16 bits per heavy atom. The van der Waals surface area contributed by atoms with Crippen molar-refractivity contribution in [1.82, 2.24) is 5.32 Å². The van der Waals surface area contributed by atoms with Crippen LogP contribution >= 0.6 is 0 Å². The second-order valence-corrected chi connectivity index (χ2v) is 19.3. The van der Waals surface area contributed by atoms with Gasteiger partial charge in [-0.25, -0.2) is 0 Å². The fourth-order valence-electron chi connectivity index (χ4n) is 8.64. The minimum atomic E-state index is -0.696. The van der Waals surface area contributed by atoms with Crippen LogP contribution in [0.2, 0.25) is 0 Å². The second-order valence-electron chi connectivity index (χ2n) is 19.3. The highest BCUT2D eigenvalue weighted by Gasteiger charge is 2.20. The van der Waals surface area contributed by atoms with Crippen LogP contribution in [0.5, 0.6) is 0 Å². The molecule has 0 aromatic rings. The van der Waals surface area contributed by atoms with Gasteiger partial charge in [0.05, 0.1) is 25.4 Å². The summed E-state index contributed by atoms with van der Waals surface area (Å²) < 4.78 is 5.44. The standard InChI is InChI=1S/C57H109NO5/c1-3-5-7-9-11-13-15-17-19-20-21-22-23-24-25-26-27-28-30-33-37-41-45-49-55(60)54(53-59)58-56(61)50-46-42-38-34-32-36-40-44-48-52-63-57(62)51-47-43-39-35-31-29-18-16-14-12-10-8-6-4-2/h16,18,34,38,54-55,59-60H,3-15,17,19-33,35-37,39-53H2,1-2H3,(H,58,61)/b18-16-,38-34-. The summed E-state index contributed by atoms with van der Waals surface area (Å²) in [5.41, 5.74) is 0. The van der Waals surface area contributed by atoms with E-state index in [1.54, 1.807) is 0 Å². The van der Waals surface area contributed by atoms with E-state index in [1.165, 1.54) is 199 Å². The van der Waals surface area contributed by atoms with E-state index in [9.17, 15) is 19.8 Å². The molecule has 0 aromatic heterocycles. The Bertz CT molecular complexity index is 982. The maximum absolute atomic E-state index is 12.5. The molecule has 63 heavy (non-hydrogen) atoms. The zero-order valence-electron chi connectivity index (χ0n) is 42.3. The maximum atomic E-state index is 12.5. The Morgan fingerprint density at radius 1 is 0.429 bits per heavy atom. The molecular formula is C57H109NO5. The van der Waals surface area contributed by atoms with Gasteiger partial charge in [0.25, 0.3) is 0 Å². The number of aliphatic hydroxyl groups is 2. The molecular weight excluding hydrogens is 779 g/mol. The molecule has 2 unspecified atom stereocenters. The summed E-state index contributed by atoms with van der Waals surface area (Å²) in [6.07, 6.45) is 63.2. The van der Waals surface area contributed by atoms with Crippen molar-refractivity contribution in [2.75, 3.05) is 13.2 Å². The zero-order chi connectivity index (χ0) is 45.8. The lowest BCUT2D eigenvalue weighted by Gasteiger charge is -2.22. The summed E-state index contributed by atoms with van der Waals surface area (Å²) in [4.78, 5) is 24.5. The van der Waals surface area contributed by atoms with Crippen molar-refractivity contribution in [3.8, 4) is 0 Å². The molecule has 0 saturated carbocycles. The molecule has 2 atom stereocenters. The highest BCUT2D eigenvalue weighted by atomic mass is 16.5. The first kappa shape index (κ1) is 61.3. The van der Waals surface area contributed by atoms with Gasteiger partial charge in [0.1, 0.15) is 0 Å². The smallest absolute Gasteiger partial charge is 0.305 e. The summed E-state index contributed by atoms with van der Waals surface area (Å²) in [6.45, 7) is 4.86. The SMILES string of the molecule is CCCCCCC/C=C\CCCCCCCC(=O)OCCCCCC/C=C\CCCC(=O)NC(CO)C(O)CCCCCCCCCCCCCCCCCCCCCCCCC. The Hall–Kier alpha value is -1.66. The third-order valence-corrected chi connectivity index (χ3v) is 13.0. The fourth-order valence-corrected chi connectivity index (χ4v) is 8.64. The third kappa shape index (κ3) is 49.6. The van der Waals surface area contributed by atoms with Gasteiger partial charge >= 0.3 is 5.97 Å². The van der Waals surface area contributed by atoms with E-state index < -0.39 is 12.1 Å². The summed E-state index contributed by atoms with van der Waals surface area (Å²) in [5.74, 6) is -0.137. The van der Waals surface area contributed by atoms with Crippen molar-refractivity contribution in [1.29, 1.82) is 0 Å². The monoisotopic (exact) mass is 888 g/mol. The van der Waals surface area contributed by atoms with Gasteiger partial charge in [0.15, 0.2) is 0 Å². The Morgan fingerprint density at radius 2 is 0.762 bits per heavy atom. The number of ether oxygens (including phenoxy) is 1. The van der Waals surface area contributed by atoms with Crippen molar-refractivity contribution in [2.45, 2.75) is 315 Å². The lowest BCUT2D eigenvalue weighted by Crippen LogP contribution is -2.45. The van der Waals surface area contributed by atoms with Gasteiger partial charge < -0.3 is 20.3 Å². The number of esters is 1. The van der Waals surface area contributed by atoms with E-state index in [-0.39, 0.29) is 18.5 Å². The highest BCUT2D eigenvalue weighted by molar-refractivity contribution is 5.76. The van der Waals surface area contributed by atoms with Crippen molar-refractivity contribution in [3.63, 3.8) is 0 Å². The zero-order valence-corrected chi connectivity index (χ0v) is 42.3. The van der Waals surface area contributed by atoms with Crippen LogP contribution in [0, 0.1) is 0 Å². The van der Waals surface area contributed by atoms with Crippen molar-refractivity contribution >= 4 is 11.9 Å². The van der Waals surface area contributed by atoms with E-state index in [1.807, 2.05) is 0 Å². The number of allylic oxidation sites excluding steroid dienone is 4. The van der Waals surface area contributed by atoms with Crippen LogP contribution in [-0.2, 0) is 14.3 Å². The van der Waals surface area contributed by atoms with Gasteiger partial charge in [-0.2, -0.15) is 0 Å². The summed E-state index contributed by atoms with van der Waals surface area (Å²) >= 11 is 0. The molecule has 0 aliphatic rings. The fraction of sp³-hybridized carbons (Fsp3) is 0.895. The summed E-state index contributed by atoms with van der Waals surface area (Å²) in [6, 6.07) is -0.580. The van der Waals surface area contributed by atoms with Crippen LogP contribution in [0.15, 0.2) is 24.3 Å². The first-order valence-electron chi connectivity index (χ1n) is 28.1. The van der Waals surface area contributed by atoms with E-state index in [4.69, 9.17) is 4.74 Å². The van der Waals surface area contributed by atoms with Crippen LogP contribution in [0.3, 0.4) is 0 Å². The lowest BCUT2D eigenvalue weighted by atomic mass is 10.0. The second kappa shape index (κ2) is 53.0. The molecule has 372 valence electrons. The molecule has 3 N–H and O–H groups in total. The number of rotatable bonds is 52. The van der Waals surface area contributed by atoms with E-state index in [0.717, 1.165) is 70.6 Å². The predicted octanol–water partition coefficient (Wildman–Crippen LogP) is 17.1. The average Bonchev–Trinajstić information content (AvgIpc) is 3.28. The number of unbranched alkanes of at least 4 members (excludes halogenated alkanes) is 37. The Balaban J connectivity index is 3.52. The average molecular weight is 889 g/mol. The number of amides is 1. The van der Waals surface area contributed by atoms with E-state index in [0.29, 0.717) is 25.9 Å². The number of hydrogen-bond donors (Lipinski definition) is 3. The number of carbonyl (C=O) groups is 2. The number of carbonyl (C=O) groups excluding carboxylic acids is 2. The number of hydrogen-bond acceptors (Lipinski definition) is 5. The van der Waals surface area contributed by atoms with Crippen molar-refractivity contribution < 1.29 is 24.5 Å². The molecule has 6 nitrogen and oxygen atoms in total. The largest absolute Gasteiger partial charge is 0.466 e. The molecule has 6 heteroatoms. The molecule has 0 spiro atoms.